The van der Waals surface area contributed by atoms with Gasteiger partial charge in [-0.3, -0.25) is 0 Å². The summed E-state index contributed by atoms with van der Waals surface area (Å²) in [5.74, 6) is 1.25. The van der Waals surface area contributed by atoms with Gasteiger partial charge in [0, 0.05) is 0 Å². The minimum absolute atomic E-state index is 0.206. The van der Waals surface area contributed by atoms with Crippen LogP contribution in [0.4, 0.5) is 0 Å². The SMILES string of the molecule is CCC(C)/C=C\C(O)=C(/C)OC. The maximum Gasteiger partial charge on any atom is 0.152 e. The first kappa shape index (κ1) is 11.1. The molecule has 1 unspecified atom stereocenters. The van der Waals surface area contributed by atoms with Gasteiger partial charge in [0.05, 0.1) is 7.11 Å². The normalized spacial score (nSPS) is 16.0. The van der Waals surface area contributed by atoms with Gasteiger partial charge < -0.3 is 9.84 Å². The Hall–Kier alpha value is -0.920. The van der Waals surface area contributed by atoms with E-state index >= 15 is 0 Å². The summed E-state index contributed by atoms with van der Waals surface area (Å²) in [7, 11) is 1.54. The Labute approximate surface area is 74.6 Å². The van der Waals surface area contributed by atoms with Crippen LogP contribution in [0.5, 0.6) is 0 Å². The molecule has 12 heavy (non-hydrogen) atoms. The number of rotatable bonds is 4. The fourth-order valence-corrected chi connectivity index (χ4v) is 0.613. The van der Waals surface area contributed by atoms with E-state index in [4.69, 9.17) is 4.74 Å². The van der Waals surface area contributed by atoms with Gasteiger partial charge in [-0.15, -0.1) is 0 Å². The van der Waals surface area contributed by atoms with Gasteiger partial charge in [-0.2, -0.15) is 0 Å². The quantitative estimate of drug-likeness (QED) is 0.519. The van der Waals surface area contributed by atoms with Gasteiger partial charge >= 0.3 is 0 Å². The first-order valence-electron chi connectivity index (χ1n) is 4.23. The molecule has 0 aromatic carbocycles. The molecule has 2 heteroatoms. The largest absolute Gasteiger partial charge is 0.505 e. The Morgan fingerprint density at radius 2 is 2.17 bits per heavy atom. The highest BCUT2D eigenvalue weighted by Gasteiger charge is 1.96. The highest BCUT2D eigenvalue weighted by molar-refractivity contribution is 5.13. The summed E-state index contributed by atoms with van der Waals surface area (Å²) in [5, 5.41) is 9.33. The van der Waals surface area contributed by atoms with Crippen molar-refractivity contribution >= 4 is 0 Å². The summed E-state index contributed by atoms with van der Waals surface area (Å²) in [6.45, 7) is 5.95. The molecule has 70 valence electrons. The summed E-state index contributed by atoms with van der Waals surface area (Å²) in [6.07, 6.45) is 4.74. The smallest absolute Gasteiger partial charge is 0.152 e. The number of aliphatic hydroxyl groups is 1. The first-order valence-corrected chi connectivity index (χ1v) is 4.23. The molecule has 0 aromatic heterocycles. The molecule has 0 amide bonds. The van der Waals surface area contributed by atoms with E-state index in [1.807, 2.05) is 6.08 Å². The van der Waals surface area contributed by atoms with Crippen molar-refractivity contribution in [2.24, 2.45) is 5.92 Å². The zero-order valence-electron chi connectivity index (χ0n) is 8.29. The molecule has 0 fully saturated rings. The zero-order chi connectivity index (χ0) is 9.56. The monoisotopic (exact) mass is 170 g/mol. The number of allylic oxidation sites excluding steroid dienone is 3. The van der Waals surface area contributed by atoms with Crippen LogP contribution < -0.4 is 0 Å². The molecule has 0 radical (unpaired) electrons. The molecule has 0 aliphatic rings. The average Bonchev–Trinajstić information content (AvgIpc) is 2.11. The van der Waals surface area contributed by atoms with Crippen molar-refractivity contribution in [3.8, 4) is 0 Å². The molecule has 0 aliphatic heterocycles. The van der Waals surface area contributed by atoms with Crippen LogP contribution in [0.3, 0.4) is 0 Å². The first-order chi connectivity index (χ1) is 5.61. The summed E-state index contributed by atoms with van der Waals surface area (Å²) in [4.78, 5) is 0. The minimum Gasteiger partial charge on any atom is -0.505 e. The van der Waals surface area contributed by atoms with Gasteiger partial charge in [0.15, 0.2) is 5.76 Å². The van der Waals surface area contributed by atoms with E-state index in [0.717, 1.165) is 6.42 Å². The molecule has 0 aromatic rings. The number of ether oxygens (including phenoxy) is 1. The van der Waals surface area contributed by atoms with Crippen molar-refractivity contribution < 1.29 is 9.84 Å². The maximum absolute atomic E-state index is 9.33. The second-order valence-corrected chi connectivity index (χ2v) is 2.89. The van der Waals surface area contributed by atoms with Crippen molar-refractivity contribution in [2.45, 2.75) is 27.2 Å². The summed E-state index contributed by atoms with van der Waals surface area (Å²) >= 11 is 0. The predicted octanol–water partition coefficient (Wildman–Crippen LogP) is 3.02. The van der Waals surface area contributed by atoms with Crippen molar-refractivity contribution in [3.63, 3.8) is 0 Å². The van der Waals surface area contributed by atoms with Gasteiger partial charge in [0.25, 0.3) is 0 Å². The highest BCUT2D eigenvalue weighted by Crippen LogP contribution is 2.07. The Kier molecular flexibility index (Phi) is 5.26. The number of hydrogen-bond acceptors (Lipinski definition) is 2. The van der Waals surface area contributed by atoms with Crippen molar-refractivity contribution in [3.05, 3.63) is 23.7 Å². The molecular formula is C10H18O2. The molecule has 0 saturated heterocycles. The molecule has 0 heterocycles. The van der Waals surface area contributed by atoms with Crippen LogP contribution in [0.15, 0.2) is 23.7 Å². The zero-order valence-corrected chi connectivity index (χ0v) is 8.29. The molecule has 0 bridgehead atoms. The molecule has 2 nitrogen and oxygen atoms in total. The lowest BCUT2D eigenvalue weighted by Gasteiger charge is -2.02. The fraction of sp³-hybridized carbons (Fsp3) is 0.600. The molecular weight excluding hydrogens is 152 g/mol. The van der Waals surface area contributed by atoms with Crippen molar-refractivity contribution in [2.75, 3.05) is 7.11 Å². The molecule has 0 spiro atoms. The second kappa shape index (κ2) is 5.70. The van der Waals surface area contributed by atoms with Crippen LogP contribution >= 0.6 is 0 Å². The van der Waals surface area contributed by atoms with Crippen LogP contribution in [0.1, 0.15) is 27.2 Å². The van der Waals surface area contributed by atoms with Gasteiger partial charge in [-0.1, -0.05) is 26.3 Å². The van der Waals surface area contributed by atoms with Gasteiger partial charge in [-0.05, 0) is 18.9 Å². The number of aliphatic hydroxyl groups excluding tert-OH is 1. The van der Waals surface area contributed by atoms with E-state index in [1.54, 1.807) is 20.1 Å². The lowest BCUT2D eigenvalue weighted by Crippen LogP contribution is -1.89. The lowest BCUT2D eigenvalue weighted by molar-refractivity contribution is 0.262. The third-order valence-electron chi connectivity index (χ3n) is 1.89. The van der Waals surface area contributed by atoms with Crippen LogP contribution in [0.25, 0.3) is 0 Å². The second-order valence-electron chi connectivity index (χ2n) is 2.89. The van der Waals surface area contributed by atoms with Crippen molar-refractivity contribution in [1.29, 1.82) is 0 Å². The molecule has 1 atom stereocenters. The van der Waals surface area contributed by atoms with Gasteiger partial charge in [0.1, 0.15) is 5.76 Å². The molecule has 0 saturated carbocycles. The average molecular weight is 170 g/mol. The molecule has 0 rings (SSSR count). The van der Waals surface area contributed by atoms with E-state index in [1.165, 1.54) is 0 Å². The molecule has 1 N–H and O–H groups in total. The van der Waals surface area contributed by atoms with E-state index in [2.05, 4.69) is 13.8 Å². The fourth-order valence-electron chi connectivity index (χ4n) is 0.613. The summed E-state index contributed by atoms with van der Waals surface area (Å²) in [6, 6.07) is 0. The van der Waals surface area contributed by atoms with Gasteiger partial charge in [-0.25, -0.2) is 0 Å². The summed E-state index contributed by atoms with van der Waals surface area (Å²) in [5.41, 5.74) is 0. The van der Waals surface area contributed by atoms with E-state index in [0.29, 0.717) is 11.7 Å². The van der Waals surface area contributed by atoms with E-state index in [9.17, 15) is 5.11 Å². The third-order valence-corrected chi connectivity index (χ3v) is 1.89. The predicted molar refractivity (Wildman–Crippen MR) is 50.9 cm³/mol. The number of methoxy groups -OCH3 is 1. The minimum atomic E-state index is 0.206. The van der Waals surface area contributed by atoms with Crippen LogP contribution in [-0.2, 0) is 4.74 Å². The topological polar surface area (TPSA) is 29.5 Å². The molecule has 0 aliphatic carbocycles. The third kappa shape index (κ3) is 4.06. The van der Waals surface area contributed by atoms with Crippen LogP contribution in [0.2, 0.25) is 0 Å². The van der Waals surface area contributed by atoms with Crippen LogP contribution in [0, 0.1) is 5.92 Å². The highest BCUT2D eigenvalue weighted by atomic mass is 16.5. The Morgan fingerprint density at radius 3 is 2.58 bits per heavy atom. The number of hydrogen-bond donors (Lipinski definition) is 1. The summed E-state index contributed by atoms with van der Waals surface area (Å²) < 4.78 is 4.86. The van der Waals surface area contributed by atoms with Gasteiger partial charge in [0.2, 0.25) is 0 Å². The Balaban J connectivity index is 4.15. The van der Waals surface area contributed by atoms with Crippen LogP contribution in [-0.4, -0.2) is 12.2 Å². The Morgan fingerprint density at radius 1 is 1.58 bits per heavy atom. The van der Waals surface area contributed by atoms with E-state index < -0.39 is 0 Å². The Bertz CT molecular complexity index is 180. The maximum atomic E-state index is 9.33. The lowest BCUT2D eigenvalue weighted by atomic mass is 10.1. The standard InChI is InChI=1S/C10H18O2/c1-5-8(2)6-7-10(11)9(3)12-4/h6-8,11H,5H2,1-4H3/b7-6-,10-9-. The van der Waals surface area contributed by atoms with E-state index in [-0.39, 0.29) is 5.76 Å². The van der Waals surface area contributed by atoms with Crippen molar-refractivity contribution in [1.82, 2.24) is 0 Å².